The number of anilines is 1. The number of aromatic nitrogens is 1. The van der Waals surface area contributed by atoms with Gasteiger partial charge in [0, 0.05) is 16.5 Å². The Balaban J connectivity index is 1.54. The van der Waals surface area contributed by atoms with Gasteiger partial charge in [0.25, 0.3) is 0 Å². The Morgan fingerprint density at radius 3 is 2.64 bits per heavy atom. The molecular formula is C24H20FN3O6S2. The maximum Gasteiger partial charge on any atom is 0.308 e. The zero-order valence-corrected chi connectivity index (χ0v) is 20.5. The molecule has 1 aromatic heterocycles. The van der Waals surface area contributed by atoms with Crippen LogP contribution in [0.2, 0.25) is 0 Å². The van der Waals surface area contributed by atoms with E-state index < -0.39 is 45.5 Å². The van der Waals surface area contributed by atoms with Crippen LogP contribution in [0.5, 0.6) is 11.5 Å². The molecule has 0 aliphatic carbocycles. The first-order valence-corrected chi connectivity index (χ1v) is 12.7. The average Bonchev–Trinajstić information content (AvgIpc) is 3.30. The van der Waals surface area contributed by atoms with Crippen LogP contribution in [-0.2, 0) is 20.9 Å². The number of hydrogen-bond acceptors (Lipinski definition) is 8. The van der Waals surface area contributed by atoms with Crippen LogP contribution in [0.1, 0.15) is 23.3 Å². The fourth-order valence-corrected chi connectivity index (χ4v) is 7.15. The molecule has 186 valence electrons. The van der Waals surface area contributed by atoms with Crippen LogP contribution in [0.3, 0.4) is 0 Å². The summed E-state index contributed by atoms with van der Waals surface area (Å²) in [6.45, 7) is 1.75. The van der Waals surface area contributed by atoms with E-state index in [-0.39, 0.29) is 18.0 Å². The molecule has 3 amide bonds. The van der Waals surface area contributed by atoms with E-state index in [1.54, 1.807) is 19.1 Å². The van der Waals surface area contributed by atoms with Crippen molar-refractivity contribution >= 4 is 46.5 Å². The molecule has 12 heteroatoms. The Labute approximate surface area is 212 Å². The van der Waals surface area contributed by atoms with Gasteiger partial charge in [-0.05, 0) is 48.9 Å². The highest BCUT2D eigenvalue weighted by atomic mass is 32.2. The van der Waals surface area contributed by atoms with Crippen molar-refractivity contribution in [2.24, 2.45) is 5.92 Å². The lowest BCUT2D eigenvalue weighted by molar-refractivity contribution is -0.126. The van der Waals surface area contributed by atoms with E-state index in [2.05, 4.69) is 10.6 Å². The lowest BCUT2D eigenvalue weighted by atomic mass is 9.83. The third-order valence-electron chi connectivity index (χ3n) is 5.96. The highest BCUT2D eigenvalue weighted by Gasteiger charge is 2.53. The number of nitrogens with one attached hydrogen (secondary N) is 2. The van der Waals surface area contributed by atoms with Crippen LogP contribution in [0.25, 0.3) is 0 Å². The monoisotopic (exact) mass is 529 g/mol. The minimum atomic E-state index is -0.792. The zero-order valence-electron chi connectivity index (χ0n) is 18.8. The van der Waals surface area contributed by atoms with Gasteiger partial charge >= 0.3 is 4.87 Å². The highest BCUT2D eigenvalue weighted by molar-refractivity contribution is 8.00. The van der Waals surface area contributed by atoms with E-state index >= 15 is 0 Å². The number of imide groups is 1. The van der Waals surface area contributed by atoms with Gasteiger partial charge in [0.15, 0.2) is 11.5 Å². The van der Waals surface area contributed by atoms with E-state index in [0.29, 0.717) is 27.8 Å². The number of benzene rings is 2. The number of aromatic hydroxyl groups is 1. The number of rotatable bonds is 6. The van der Waals surface area contributed by atoms with Crippen LogP contribution >= 0.6 is 23.1 Å². The molecule has 1 saturated heterocycles. The second kappa shape index (κ2) is 9.43. The Bertz CT molecular complexity index is 1430. The molecule has 2 unspecified atom stereocenters. The Kier molecular flexibility index (Phi) is 6.31. The predicted molar refractivity (Wildman–Crippen MR) is 131 cm³/mol. The average molecular weight is 530 g/mol. The van der Waals surface area contributed by atoms with Gasteiger partial charge in [0.1, 0.15) is 17.6 Å². The van der Waals surface area contributed by atoms with Crippen LogP contribution < -0.4 is 20.2 Å². The molecule has 0 saturated carbocycles. The quantitative estimate of drug-likeness (QED) is 0.419. The maximum absolute atomic E-state index is 13.2. The van der Waals surface area contributed by atoms with Crippen molar-refractivity contribution in [2.75, 3.05) is 11.9 Å². The van der Waals surface area contributed by atoms with Gasteiger partial charge < -0.3 is 15.2 Å². The number of nitrogens with zero attached hydrogens (tertiary/aromatic N) is 1. The van der Waals surface area contributed by atoms with Crippen molar-refractivity contribution < 1.29 is 28.6 Å². The summed E-state index contributed by atoms with van der Waals surface area (Å²) in [5.74, 6) is -3.13. The summed E-state index contributed by atoms with van der Waals surface area (Å²) in [6, 6.07) is 9.91. The Hall–Kier alpha value is -3.64. The Morgan fingerprint density at radius 1 is 1.17 bits per heavy atom. The number of halogens is 1. The van der Waals surface area contributed by atoms with Gasteiger partial charge in [-0.3, -0.25) is 29.1 Å². The predicted octanol–water partition coefficient (Wildman–Crippen LogP) is 2.67. The van der Waals surface area contributed by atoms with Crippen LogP contribution in [0.15, 0.2) is 52.3 Å². The standard InChI is InChI=1S/C24H20FN3O6S2/c1-2-34-15-9-11(3-8-14(15)29)17-18-19(22(32)27-21(18)31)35-23-20(17)36-24(33)28(23)10-16(30)26-13-6-4-12(25)5-7-13/h3-9,17-19,29H,2,10H2,1H3,(H,26,30)(H,27,31,32)/t17-,18?,19?/m0/s1. The molecule has 1 fully saturated rings. The van der Waals surface area contributed by atoms with E-state index in [4.69, 9.17) is 4.74 Å². The first-order chi connectivity index (χ1) is 17.3. The minimum Gasteiger partial charge on any atom is -0.504 e. The molecule has 3 atom stereocenters. The van der Waals surface area contributed by atoms with Crippen molar-refractivity contribution in [3.63, 3.8) is 0 Å². The molecule has 3 N–H and O–H groups in total. The molecule has 2 aliphatic heterocycles. The number of phenolic OH excluding ortho intramolecular Hbond substituents is 1. The van der Waals surface area contributed by atoms with Gasteiger partial charge in [-0.15, -0.1) is 0 Å². The molecule has 2 aliphatic rings. The fourth-order valence-electron chi connectivity index (χ4n) is 4.41. The molecule has 2 aromatic carbocycles. The largest absolute Gasteiger partial charge is 0.504 e. The second-order valence-corrected chi connectivity index (χ2v) is 10.4. The first kappa shape index (κ1) is 24.1. The van der Waals surface area contributed by atoms with Crippen molar-refractivity contribution in [2.45, 2.75) is 29.7 Å². The van der Waals surface area contributed by atoms with Crippen LogP contribution in [0.4, 0.5) is 10.1 Å². The van der Waals surface area contributed by atoms with E-state index in [0.717, 1.165) is 23.1 Å². The van der Waals surface area contributed by atoms with E-state index in [1.807, 2.05) is 0 Å². The third-order valence-corrected chi connectivity index (χ3v) is 8.58. The summed E-state index contributed by atoms with van der Waals surface area (Å²) in [5, 5.41) is 14.8. The zero-order chi connectivity index (χ0) is 25.6. The molecule has 0 radical (unpaired) electrons. The minimum absolute atomic E-state index is 0.0715. The normalized spacial score (nSPS) is 20.4. The second-order valence-electron chi connectivity index (χ2n) is 8.23. The van der Waals surface area contributed by atoms with Gasteiger partial charge in [0.2, 0.25) is 17.7 Å². The molecule has 3 aromatic rings. The summed E-state index contributed by atoms with van der Waals surface area (Å²) in [4.78, 5) is 51.3. The lowest BCUT2D eigenvalue weighted by Crippen LogP contribution is -2.32. The number of amides is 3. The van der Waals surface area contributed by atoms with Crippen molar-refractivity contribution in [1.82, 2.24) is 9.88 Å². The summed E-state index contributed by atoms with van der Waals surface area (Å²) < 4.78 is 19.9. The van der Waals surface area contributed by atoms with Gasteiger partial charge in [0.05, 0.1) is 17.6 Å². The molecule has 0 spiro atoms. The lowest BCUT2D eigenvalue weighted by Gasteiger charge is -2.31. The SMILES string of the molecule is CCOc1cc([C@@H]2c3sc(=O)n(CC(=O)Nc4ccc(F)cc4)c3SC3C(=O)NC(=O)C32)ccc1O. The fraction of sp³-hybridized carbons (Fsp3) is 0.250. The van der Waals surface area contributed by atoms with Crippen LogP contribution in [0, 0.1) is 11.7 Å². The molecule has 9 nitrogen and oxygen atoms in total. The Morgan fingerprint density at radius 2 is 1.92 bits per heavy atom. The number of carbonyl (C=O) groups excluding carboxylic acids is 3. The van der Waals surface area contributed by atoms with E-state index in [1.165, 1.54) is 34.9 Å². The van der Waals surface area contributed by atoms with Crippen LogP contribution in [-0.4, -0.2) is 39.3 Å². The van der Waals surface area contributed by atoms with Gasteiger partial charge in [-0.25, -0.2) is 4.39 Å². The van der Waals surface area contributed by atoms with Crippen molar-refractivity contribution in [3.8, 4) is 11.5 Å². The maximum atomic E-state index is 13.2. The van der Waals surface area contributed by atoms with Gasteiger partial charge in [-0.1, -0.05) is 29.2 Å². The summed E-state index contributed by atoms with van der Waals surface area (Å²) >= 11 is 1.99. The molecular weight excluding hydrogens is 509 g/mol. The number of thioether (sulfide) groups is 1. The topological polar surface area (TPSA) is 127 Å². The number of thiazole rings is 1. The number of hydrogen-bond donors (Lipinski definition) is 3. The molecule has 0 bridgehead atoms. The number of fused-ring (bicyclic) bond motifs is 2. The van der Waals surface area contributed by atoms with Crippen molar-refractivity contribution in [1.29, 1.82) is 0 Å². The first-order valence-electron chi connectivity index (χ1n) is 11.0. The summed E-state index contributed by atoms with van der Waals surface area (Å²) in [6.07, 6.45) is 0. The summed E-state index contributed by atoms with van der Waals surface area (Å²) in [7, 11) is 0. The highest BCUT2D eigenvalue weighted by Crippen LogP contribution is 2.52. The molecule has 5 rings (SSSR count). The molecule has 36 heavy (non-hydrogen) atoms. The third kappa shape index (κ3) is 4.26. The number of carbonyl (C=O) groups is 3. The van der Waals surface area contributed by atoms with E-state index in [9.17, 15) is 28.7 Å². The smallest absolute Gasteiger partial charge is 0.308 e. The number of ether oxygens (including phenoxy) is 1. The molecule has 3 heterocycles. The number of phenols is 1. The van der Waals surface area contributed by atoms with Gasteiger partial charge in [-0.2, -0.15) is 0 Å². The van der Waals surface area contributed by atoms with Crippen molar-refractivity contribution in [3.05, 3.63) is 68.4 Å². The summed E-state index contributed by atoms with van der Waals surface area (Å²) in [5.41, 5.74) is 0.972.